The van der Waals surface area contributed by atoms with Gasteiger partial charge < -0.3 is 10.2 Å². The highest BCUT2D eigenvalue weighted by Gasteiger charge is 2.43. The summed E-state index contributed by atoms with van der Waals surface area (Å²) in [5, 5.41) is 3.74. The molecule has 1 atom stereocenters. The largest absolute Gasteiger partial charge is 0.309 e. The molecule has 0 amide bonds. The van der Waals surface area contributed by atoms with Gasteiger partial charge in [0.05, 0.1) is 0 Å². The van der Waals surface area contributed by atoms with Crippen molar-refractivity contribution in [3.8, 4) is 0 Å². The summed E-state index contributed by atoms with van der Waals surface area (Å²) in [5.74, 6) is 0.949. The van der Waals surface area contributed by atoms with Gasteiger partial charge in [-0.15, -0.1) is 0 Å². The second-order valence-corrected chi connectivity index (χ2v) is 7.21. The van der Waals surface area contributed by atoms with Crippen LogP contribution in [0.1, 0.15) is 47.0 Å². The highest BCUT2D eigenvalue weighted by Crippen LogP contribution is 2.40. The van der Waals surface area contributed by atoms with Crippen molar-refractivity contribution in [2.75, 3.05) is 26.2 Å². The van der Waals surface area contributed by atoms with E-state index >= 15 is 0 Å². The Kier molecular flexibility index (Phi) is 3.33. The fourth-order valence-corrected chi connectivity index (χ4v) is 2.78. The number of rotatable bonds is 3. The Bertz CT molecular complexity index is 240. The third-order valence-corrected chi connectivity index (χ3v) is 4.17. The average Bonchev–Trinajstić information content (AvgIpc) is 2.97. The topological polar surface area (TPSA) is 15.3 Å². The third-order valence-electron chi connectivity index (χ3n) is 4.17. The number of hydrogen-bond donors (Lipinski definition) is 1. The molecule has 0 spiro atoms. The molecular formula is C14H28N2. The van der Waals surface area contributed by atoms with Gasteiger partial charge in [-0.3, -0.25) is 0 Å². The third kappa shape index (κ3) is 3.21. The Balaban J connectivity index is 1.82. The zero-order valence-electron chi connectivity index (χ0n) is 11.5. The first kappa shape index (κ1) is 12.4. The van der Waals surface area contributed by atoms with E-state index in [9.17, 15) is 0 Å². The molecule has 1 saturated carbocycles. The molecule has 1 aliphatic carbocycles. The van der Waals surface area contributed by atoms with Crippen molar-refractivity contribution in [1.29, 1.82) is 0 Å². The van der Waals surface area contributed by atoms with E-state index in [-0.39, 0.29) is 0 Å². The van der Waals surface area contributed by atoms with E-state index < -0.39 is 0 Å². The van der Waals surface area contributed by atoms with E-state index in [1.165, 1.54) is 45.4 Å². The van der Waals surface area contributed by atoms with E-state index in [1.54, 1.807) is 0 Å². The Morgan fingerprint density at radius 1 is 1.31 bits per heavy atom. The van der Waals surface area contributed by atoms with Crippen LogP contribution >= 0.6 is 0 Å². The highest BCUT2D eigenvalue weighted by atomic mass is 15.2. The lowest BCUT2D eigenvalue weighted by atomic mass is 9.90. The van der Waals surface area contributed by atoms with Crippen molar-refractivity contribution in [2.45, 2.75) is 52.5 Å². The molecule has 2 rings (SSSR count). The monoisotopic (exact) mass is 224 g/mol. The second kappa shape index (κ2) is 4.30. The van der Waals surface area contributed by atoms with Crippen LogP contribution in [0.4, 0.5) is 0 Å². The minimum atomic E-state index is 0.413. The second-order valence-electron chi connectivity index (χ2n) is 7.21. The summed E-state index contributed by atoms with van der Waals surface area (Å²) in [6.07, 6.45) is 4.20. The fourth-order valence-electron chi connectivity index (χ4n) is 2.78. The summed E-state index contributed by atoms with van der Waals surface area (Å²) in [6, 6.07) is 0. The first-order valence-electron chi connectivity index (χ1n) is 6.86. The lowest BCUT2D eigenvalue weighted by Gasteiger charge is -2.42. The van der Waals surface area contributed by atoms with Gasteiger partial charge in [0, 0.05) is 25.2 Å². The standard InChI is InChI=1S/C14H28N2/c1-13(2,3)7-9-16-10-8-15-14(4,11-16)12-5-6-12/h12,15H,5-11H2,1-4H3. The van der Waals surface area contributed by atoms with Crippen LogP contribution < -0.4 is 5.32 Å². The Labute approximate surface area is 101 Å². The Morgan fingerprint density at radius 3 is 2.56 bits per heavy atom. The lowest BCUT2D eigenvalue weighted by Crippen LogP contribution is -2.60. The van der Waals surface area contributed by atoms with Crippen LogP contribution in [0.25, 0.3) is 0 Å². The molecule has 2 heteroatoms. The van der Waals surface area contributed by atoms with Crippen molar-refractivity contribution in [3.63, 3.8) is 0 Å². The molecule has 1 N–H and O–H groups in total. The zero-order chi connectivity index (χ0) is 11.8. The summed E-state index contributed by atoms with van der Waals surface area (Å²) in [4.78, 5) is 2.67. The summed E-state index contributed by atoms with van der Waals surface area (Å²) in [6.45, 7) is 14.4. The van der Waals surface area contributed by atoms with Crippen LogP contribution in [0.2, 0.25) is 0 Å². The summed E-state index contributed by atoms with van der Waals surface area (Å²) >= 11 is 0. The van der Waals surface area contributed by atoms with Crippen LogP contribution in [0.5, 0.6) is 0 Å². The van der Waals surface area contributed by atoms with Gasteiger partial charge in [-0.05, 0) is 44.1 Å². The number of nitrogens with zero attached hydrogens (tertiary/aromatic N) is 1. The van der Waals surface area contributed by atoms with Gasteiger partial charge in [0.25, 0.3) is 0 Å². The van der Waals surface area contributed by atoms with Crippen molar-refractivity contribution in [3.05, 3.63) is 0 Å². The van der Waals surface area contributed by atoms with Crippen LogP contribution in [0.15, 0.2) is 0 Å². The molecule has 0 bridgehead atoms. The first-order chi connectivity index (χ1) is 7.39. The molecule has 1 aliphatic heterocycles. The van der Waals surface area contributed by atoms with Crippen molar-refractivity contribution in [2.24, 2.45) is 11.3 Å². The predicted molar refractivity (Wildman–Crippen MR) is 69.6 cm³/mol. The molecule has 2 aliphatic rings. The Morgan fingerprint density at radius 2 is 2.00 bits per heavy atom. The van der Waals surface area contributed by atoms with E-state index in [0.717, 1.165) is 5.92 Å². The molecule has 1 heterocycles. The lowest BCUT2D eigenvalue weighted by molar-refractivity contribution is 0.115. The van der Waals surface area contributed by atoms with Gasteiger partial charge in [0.1, 0.15) is 0 Å². The van der Waals surface area contributed by atoms with Crippen molar-refractivity contribution >= 4 is 0 Å². The molecule has 1 unspecified atom stereocenters. The van der Waals surface area contributed by atoms with Gasteiger partial charge in [-0.25, -0.2) is 0 Å². The zero-order valence-corrected chi connectivity index (χ0v) is 11.5. The van der Waals surface area contributed by atoms with Gasteiger partial charge in [0.2, 0.25) is 0 Å². The predicted octanol–water partition coefficient (Wildman–Crippen LogP) is 2.50. The summed E-state index contributed by atoms with van der Waals surface area (Å²) in [5.41, 5.74) is 0.886. The molecule has 2 fully saturated rings. The van der Waals surface area contributed by atoms with Gasteiger partial charge in [-0.2, -0.15) is 0 Å². The first-order valence-corrected chi connectivity index (χ1v) is 6.86. The quantitative estimate of drug-likeness (QED) is 0.792. The molecule has 0 radical (unpaired) electrons. The van der Waals surface area contributed by atoms with Gasteiger partial charge >= 0.3 is 0 Å². The van der Waals surface area contributed by atoms with Gasteiger partial charge in [-0.1, -0.05) is 20.8 Å². The average molecular weight is 224 g/mol. The van der Waals surface area contributed by atoms with Crippen LogP contribution in [-0.2, 0) is 0 Å². The molecule has 16 heavy (non-hydrogen) atoms. The molecule has 94 valence electrons. The van der Waals surface area contributed by atoms with Crippen molar-refractivity contribution in [1.82, 2.24) is 10.2 Å². The van der Waals surface area contributed by atoms with E-state index in [2.05, 4.69) is 37.9 Å². The number of hydrogen-bond acceptors (Lipinski definition) is 2. The van der Waals surface area contributed by atoms with Crippen LogP contribution in [0, 0.1) is 11.3 Å². The maximum Gasteiger partial charge on any atom is 0.0309 e. The smallest absolute Gasteiger partial charge is 0.0309 e. The highest BCUT2D eigenvalue weighted by molar-refractivity contribution is 5.02. The summed E-state index contributed by atoms with van der Waals surface area (Å²) in [7, 11) is 0. The minimum absolute atomic E-state index is 0.413. The Hall–Kier alpha value is -0.0800. The van der Waals surface area contributed by atoms with Crippen molar-refractivity contribution < 1.29 is 0 Å². The SMILES string of the molecule is CC(C)(C)CCN1CCNC(C)(C2CC2)C1. The van der Waals surface area contributed by atoms with E-state index in [0.29, 0.717) is 11.0 Å². The minimum Gasteiger partial charge on any atom is -0.309 e. The van der Waals surface area contributed by atoms with E-state index in [1.807, 2.05) is 0 Å². The number of piperazine rings is 1. The maximum absolute atomic E-state index is 3.74. The van der Waals surface area contributed by atoms with E-state index in [4.69, 9.17) is 0 Å². The molecule has 0 aromatic rings. The number of nitrogens with one attached hydrogen (secondary N) is 1. The molecule has 0 aromatic heterocycles. The maximum atomic E-state index is 3.74. The summed E-state index contributed by atoms with van der Waals surface area (Å²) < 4.78 is 0. The van der Waals surface area contributed by atoms with Gasteiger partial charge in [0.15, 0.2) is 0 Å². The normalized spacial score (nSPS) is 33.0. The van der Waals surface area contributed by atoms with Crippen LogP contribution in [0.3, 0.4) is 0 Å². The molecular weight excluding hydrogens is 196 g/mol. The molecule has 0 aromatic carbocycles. The molecule has 2 nitrogen and oxygen atoms in total. The fraction of sp³-hybridized carbons (Fsp3) is 1.00. The van der Waals surface area contributed by atoms with Crippen LogP contribution in [-0.4, -0.2) is 36.6 Å². The molecule has 1 saturated heterocycles.